The Balaban J connectivity index is 2.95. The SMILES string of the molecule is Cc1[nH]nc(N)c1C=CC(=O)O. The number of nitrogen functional groups attached to an aromatic ring is 1. The highest BCUT2D eigenvalue weighted by Gasteiger charge is 2.02. The summed E-state index contributed by atoms with van der Waals surface area (Å²) in [6, 6.07) is 0. The molecule has 1 aromatic heterocycles. The number of nitrogens with zero attached hydrogens (tertiary/aromatic N) is 1. The van der Waals surface area contributed by atoms with Gasteiger partial charge >= 0.3 is 5.97 Å². The number of carbonyl (C=O) groups is 1. The molecule has 0 atom stereocenters. The van der Waals surface area contributed by atoms with Gasteiger partial charge in [-0.3, -0.25) is 5.10 Å². The molecule has 0 aliphatic rings. The van der Waals surface area contributed by atoms with Crippen LogP contribution in [0, 0.1) is 6.92 Å². The first-order chi connectivity index (χ1) is 5.61. The van der Waals surface area contributed by atoms with E-state index in [2.05, 4.69) is 10.2 Å². The van der Waals surface area contributed by atoms with Crippen molar-refractivity contribution in [2.75, 3.05) is 5.73 Å². The maximum atomic E-state index is 10.2. The number of nitrogens with one attached hydrogen (secondary N) is 1. The normalized spacial score (nSPS) is 10.8. The van der Waals surface area contributed by atoms with Crippen molar-refractivity contribution >= 4 is 17.9 Å². The number of aromatic amines is 1. The molecule has 0 amide bonds. The number of aliphatic carboxylic acids is 1. The van der Waals surface area contributed by atoms with Gasteiger partial charge in [0, 0.05) is 17.3 Å². The Morgan fingerprint density at radius 2 is 2.42 bits per heavy atom. The van der Waals surface area contributed by atoms with Crippen LogP contribution >= 0.6 is 0 Å². The minimum absolute atomic E-state index is 0.310. The molecule has 0 fully saturated rings. The largest absolute Gasteiger partial charge is 0.478 e. The molecule has 1 aromatic rings. The van der Waals surface area contributed by atoms with Gasteiger partial charge in [0.15, 0.2) is 5.82 Å². The molecule has 1 heterocycles. The van der Waals surface area contributed by atoms with Gasteiger partial charge in [0.25, 0.3) is 0 Å². The summed E-state index contributed by atoms with van der Waals surface area (Å²) in [5.41, 5.74) is 6.82. The van der Waals surface area contributed by atoms with Crippen LogP contribution in [0.2, 0.25) is 0 Å². The second-order valence-electron chi connectivity index (χ2n) is 2.32. The summed E-state index contributed by atoms with van der Waals surface area (Å²) in [6.07, 6.45) is 2.44. The number of hydrogen-bond acceptors (Lipinski definition) is 3. The van der Waals surface area contributed by atoms with Crippen molar-refractivity contribution < 1.29 is 9.90 Å². The van der Waals surface area contributed by atoms with Crippen LogP contribution in [0.15, 0.2) is 6.08 Å². The highest BCUT2D eigenvalue weighted by molar-refractivity contribution is 5.86. The number of nitrogens with two attached hydrogens (primary N) is 1. The third kappa shape index (κ3) is 1.63. The van der Waals surface area contributed by atoms with Crippen molar-refractivity contribution in [2.45, 2.75) is 6.92 Å². The molecule has 4 N–H and O–H groups in total. The molecule has 64 valence electrons. The molecular weight excluding hydrogens is 158 g/mol. The van der Waals surface area contributed by atoms with E-state index >= 15 is 0 Å². The van der Waals surface area contributed by atoms with E-state index in [1.54, 1.807) is 6.92 Å². The molecule has 0 aliphatic carbocycles. The molecule has 0 unspecified atom stereocenters. The third-order valence-corrected chi connectivity index (χ3v) is 1.42. The van der Waals surface area contributed by atoms with Crippen molar-refractivity contribution in [3.63, 3.8) is 0 Å². The molecule has 0 bridgehead atoms. The Morgan fingerprint density at radius 3 is 2.83 bits per heavy atom. The first kappa shape index (κ1) is 8.32. The summed E-state index contributed by atoms with van der Waals surface area (Å²) in [5.74, 6) is -0.694. The van der Waals surface area contributed by atoms with E-state index in [4.69, 9.17) is 10.8 Å². The summed E-state index contributed by atoms with van der Waals surface area (Å²) in [7, 11) is 0. The number of carboxylic acid groups (broad SMARTS) is 1. The number of H-pyrrole nitrogens is 1. The van der Waals surface area contributed by atoms with Gasteiger partial charge in [-0.25, -0.2) is 4.79 Å². The number of hydrogen-bond donors (Lipinski definition) is 3. The lowest BCUT2D eigenvalue weighted by molar-refractivity contribution is -0.131. The maximum absolute atomic E-state index is 10.2. The van der Waals surface area contributed by atoms with E-state index in [0.717, 1.165) is 11.8 Å². The lowest BCUT2D eigenvalue weighted by Crippen LogP contribution is -1.89. The van der Waals surface area contributed by atoms with Crippen molar-refractivity contribution in [1.29, 1.82) is 0 Å². The molecular formula is C7H9N3O2. The fraction of sp³-hybridized carbons (Fsp3) is 0.143. The van der Waals surface area contributed by atoms with Gasteiger partial charge < -0.3 is 10.8 Å². The minimum Gasteiger partial charge on any atom is -0.478 e. The highest BCUT2D eigenvalue weighted by atomic mass is 16.4. The Morgan fingerprint density at radius 1 is 1.75 bits per heavy atom. The second-order valence-corrected chi connectivity index (χ2v) is 2.32. The van der Waals surface area contributed by atoms with Crippen LogP contribution in [0.1, 0.15) is 11.3 Å². The predicted molar refractivity (Wildman–Crippen MR) is 44.4 cm³/mol. The number of aromatic nitrogens is 2. The first-order valence-corrected chi connectivity index (χ1v) is 3.32. The van der Waals surface area contributed by atoms with Crippen LogP contribution in [0.25, 0.3) is 6.08 Å². The highest BCUT2D eigenvalue weighted by Crippen LogP contribution is 2.13. The van der Waals surface area contributed by atoms with Gasteiger partial charge in [0.2, 0.25) is 0 Å². The average Bonchev–Trinajstić information content (AvgIpc) is 2.28. The quantitative estimate of drug-likeness (QED) is 0.556. The zero-order valence-corrected chi connectivity index (χ0v) is 6.53. The lowest BCUT2D eigenvalue weighted by atomic mass is 10.2. The van der Waals surface area contributed by atoms with Gasteiger partial charge in [0.1, 0.15) is 0 Å². The molecule has 0 saturated heterocycles. The molecule has 12 heavy (non-hydrogen) atoms. The summed E-state index contributed by atoms with van der Waals surface area (Å²) in [5, 5.41) is 14.7. The molecule has 0 saturated carbocycles. The monoisotopic (exact) mass is 167 g/mol. The van der Waals surface area contributed by atoms with Crippen LogP contribution in [0.4, 0.5) is 5.82 Å². The van der Waals surface area contributed by atoms with E-state index < -0.39 is 5.97 Å². The van der Waals surface area contributed by atoms with E-state index in [0.29, 0.717) is 11.4 Å². The molecule has 5 nitrogen and oxygen atoms in total. The van der Waals surface area contributed by atoms with Gasteiger partial charge in [-0.1, -0.05) is 0 Å². The molecule has 0 radical (unpaired) electrons. The number of carboxylic acids is 1. The maximum Gasteiger partial charge on any atom is 0.328 e. The van der Waals surface area contributed by atoms with Crippen LogP contribution in [0.3, 0.4) is 0 Å². The molecule has 0 aliphatic heterocycles. The Kier molecular flexibility index (Phi) is 2.14. The second kappa shape index (κ2) is 3.08. The van der Waals surface area contributed by atoms with Gasteiger partial charge in [-0.2, -0.15) is 5.10 Å². The van der Waals surface area contributed by atoms with Crippen molar-refractivity contribution in [2.24, 2.45) is 0 Å². The molecule has 5 heteroatoms. The fourth-order valence-corrected chi connectivity index (χ4v) is 0.822. The number of anilines is 1. The van der Waals surface area contributed by atoms with E-state index in [-0.39, 0.29) is 0 Å². The van der Waals surface area contributed by atoms with Gasteiger partial charge in [-0.05, 0) is 13.0 Å². The van der Waals surface area contributed by atoms with E-state index in [1.807, 2.05) is 0 Å². The molecule has 0 aromatic carbocycles. The van der Waals surface area contributed by atoms with Crippen molar-refractivity contribution in [3.8, 4) is 0 Å². The number of rotatable bonds is 2. The zero-order chi connectivity index (χ0) is 9.14. The standard InChI is InChI=1S/C7H9N3O2/c1-4-5(2-3-6(11)12)7(8)10-9-4/h2-3H,1H3,(H,11,12)(H3,8,9,10). The van der Waals surface area contributed by atoms with Gasteiger partial charge in [-0.15, -0.1) is 0 Å². The zero-order valence-electron chi connectivity index (χ0n) is 6.53. The Labute approximate surface area is 68.9 Å². The summed E-state index contributed by atoms with van der Waals surface area (Å²) < 4.78 is 0. The minimum atomic E-state index is -1.00. The van der Waals surface area contributed by atoms with Crippen molar-refractivity contribution in [3.05, 3.63) is 17.3 Å². The van der Waals surface area contributed by atoms with Crippen LogP contribution < -0.4 is 5.73 Å². The molecule has 1 rings (SSSR count). The predicted octanol–water partition coefficient (Wildman–Crippen LogP) is 0.398. The van der Waals surface area contributed by atoms with Crippen LogP contribution in [-0.2, 0) is 4.79 Å². The summed E-state index contributed by atoms with van der Waals surface area (Å²) in [6.45, 7) is 1.77. The summed E-state index contributed by atoms with van der Waals surface area (Å²) in [4.78, 5) is 10.2. The van der Waals surface area contributed by atoms with Crippen LogP contribution in [0.5, 0.6) is 0 Å². The Hall–Kier alpha value is -1.78. The Bertz CT molecular complexity index is 308. The van der Waals surface area contributed by atoms with Gasteiger partial charge in [0.05, 0.1) is 0 Å². The average molecular weight is 167 g/mol. The van der Waals surface area contributed by atoms with Crippen LogP contribution in [-0.4, -0.2) is 21.3 Å². The first-order valence-electron chi connectivity index (χ1n) is 3.32. The van der Waals surface area contributed by atoms with E-state index in [1.165, 1.54) is 6.08 Å². The fourth-order valence-electron chi connectivity index (χ4n) is 0.822. The number of aryl methyl sites for hydroxylation is 1. The van der Waals surface area contributed by atoms with E-state index in [9.17, 15) is 4.79 Å². The molecule has 0 spiro atoms. The summed E-state index contributed by atoms with van der Waals surface area (Å²) >= 11 is 0. The third-order valence-electron chi connectivity index (χ3n) is 1.42. The topological polar surface area (TPSA) is 92.0 Å². The smallest absolute Gasteiger partial charge is 0.328 e. The van der Waals surface area contributed by atoms with Crippen molar-refractivity contribution in [1.82, 2.24) is 10.2 Å². The lowest BCUT2D eigenvalue weighted by Gasteiger charge is -1.88.